The quantitative estimate of drug-likeness (QED) is 0.504. The fraction of sp³-hybridized carbons (Fsp3) is 0.259. The van der Waals surface area contributed by atoms with E-state index in [9.17, 15) is 18.0 Å². The molecule has 3 aromatic carbocycles. The predicted molar refractivity (Wildman–Crippen MR) is 135 cm³/mol. The average Bonchev–Trinajstić information content (AvgIpc) is 2.83. The van der Waals surface area contributed by atoms with Gasteiger partial charge in [0.15, 0.2) is 9.84 Å². The van der Waals surface area contributed by atoms with E-state index in [0.717, 1.165) is 11.1 Å². The van der Waals surface area contributed by atoms with Gasteiger partial charge in [-0.1, -0.05) is 43.3 Å². The van der Waals surface area contributed by atoms with Gasteiger partial charge in [-0.05, 0) is 66.9 Å². The summed E-state index contributed by atoms with van der Waals surface area (Å²) in [6.07, 6.45) is 0.115. The second-order valence-electron chi connectivity index (χ2n) is 8.30. The molecule has 0 heterocycles. The topological polar surface area (TPSA) is 83.5 Å². The van der Waals surface area contributed by atoms with Gasteiger partial charge in [0.25, 0.3) is 5.91 Å². The normalized spacial score (nSPS) is 12.1. The summed E-state index contributed by atoms with van der Waals surface area (Å²) in [6, 6.07) is 21.1. The molecule has 0 spiro atoms. The summed E-state index contributed by atoms with van der Waals surface area (Å²) in [7, 11) is -1.48. The van der Waals surface area contributed by atoms with Crippen LogP contribution in [0.15, 0.2) is 77.7 Å². The summed E-state index contributed by atoms with van der Waals surface area (Å²) < 4.78 is 23.8. The van der Waals surface area contributed by atoms with Crippen molar-refractivity contribution >= 4 is 27.3 Å². The minimum atomic E-state index is -3.26. The van der Waals surface area contributed by atoms with E-state index < -0.39 is 9.84 Å². The molecule has 0 aliphatic carbocycles. The summed E-state index contributed by atoms with van der Waals surface area (Å²) in [5.41, 5.74) is 4.07. The number of carbonyl (C=O) groups is 2. The van der Waals surface area contributed by atoms with Crippen LogP contribution in [-0.2, 0) is 21.1 Å². The summed E-state index contributed by atoms with van der Waals surface area (Å²) in [6.45, 7) is 5.63. The van der Waals surface area contributed by atoms with E-state index >= 15 is 0 Å². The lowest BCUT2D eigenvalue weighted by molar-refractivity contribution is -0.115. The Hall–Kier alpha value is -3.45. The molecule has 7 heteroatoms. The van der Waals surface area contributed by atoms with Crippen molar-refractivity contribution in [3.63, 3.8) is 0 Å². The van der Waals surface area contributed by atoms with E-state index in [1.165, 1.54) is 12.1 Å². The minimum absolute atomic E-state index is 0.0337. The van der Waals surface area contributed by atoms with Gasteiger partial charge in [0.1, 0.15) is 0 Å². The lowest BCUT2D eigenvalue weighted by Gasteiger charge is -2.26. The number of hydrogen-bond donors (Lipinski definition) is 1. The molecular formula is C27H30N2O4S. The van der Waals surface area contributed by atoms with E-state index in [1.54, 1.807) is 55.3 Å². The van der Waals surface area contributed by atoms with Crippen LogP contribution in [0.25, 0.3) is 0 Å². The van der Waals surface area contributed by atoms with Crippen molar-refractivity contribution in [2.75, 3.05) is 18.1 Å². The number of rotatable bonds is 8. The Morgan fingerprint density at radius 2 is 1.56 bits per heavy atom. The summed E-state index contributed by atoms with van der Waals surface area (Å²) >= 11 is 0. The average molecular weight is 479 g/mol. The Labute approximate surface area is 201 Å². The molecule has 3 rings (SSSR count). The van der Waals surface area contributed by atoms with Crippen LogP contribution in [0, 0.1) is 6.92 Å². The van der Waals surface area contributed by atoms with Gasteiger partial charge >= 0.3 is 0 Å². The number of nitrogens with one attached hydrogen (secondary N) is 1. The van der Waals surface area contributed by atoms with E-state index in [0.29, 0.717) is 16.8 Å². The zero-order chi connectivity index (χ0) is 24.9. The van der Waals surface area contributed by atoms with E-state index in [2.05, 4.69) is 5.32 Å². The molecule has 0 aliphatic heterocycles. The number of nitrogens with zero attached hydrogens (tertiary/aromatic N) is 1. The van der Waals surface area contributed by atoms with Gasteiger partial charge in [0.05, 0.1) is 23.1 Å². The third-order valence-electron chi connectivity index (χ3n) is 5.98. The summed E-state index contributed by atoms with van der Waals surface area (Å²) in [5, 5.41) is 2.82. The highest BCUT2D eigenvalue weighted by atomic mass is 32.2. The van der Waals surface area contributed by atoms with Crippen LogP contribution >= 0.6 is 0 Å². The molecule has 0 aliphatic rings. The van der Waals surface area contributed by atoms with Gasteiger partial charge < -0.3 is 10.2 Å². The Morgan fingerprint density at radius 3 is 2.15 bits per heavy atom. The maximum Gasteiger partial charge on any atom is 0.254 e. The molecule has 0 saturated heterocycles. The molecule has 34 heavy (non-hydrogen) atoms. The number of anilines is 1. The van der Waals surface area contributed by atoms with Crippen molar-refractivity contribution in [3.05, 3.63) is 95.1 Å². The second kappa shape index (κ2) is 10.7. The van der Waals surface area contributed by atoms with E-state index in [-0.39, 0.29) is 34.9 Å². The Bertz CT molecular complexity index is 1270. The van der Waals surface area contributed by atoms with Gasteiger partial charge in [-0.2, -0.15) is 0 Å². The number of amides is 2. The van der Waals surface area contributed by atoms with Crippen molar-refractivity contribution in [1.29, 1.82) is 0 Å². The molecular weight excluding hydrogens is 448 g/mol. The fourth-order valence-electron chi connectivity index (χ4n) is 3.71. The van der Waals surface area contributed by atoms with Gasteiger partial charge in [-0.25, -0.2) is 8.42 Å². The maximum atomic E-state index is 13.0. The van der Waals surface area contributed by atoms with Crippen LogP contribution in [0.3, 0.4) is 0 Å². The number of carbonyl (C=O) groups excluding carboxylic acids is 2. The van der Waals surface area contributed by atoms with Crippen molar-refractivity contribution in [3.8, 4) is 0 Å². The molecule has 1 unspecified atom stereocenters. The zero-order valence-corrected chi connectivity index (χ0v) is 20.7. The molecule has 178 valence electrons. The van der Waals surface area contributed by atoms with Crippen molar-refractivity contribution in [2.45, 2.75) is 38.1 Å². The van der Waals surface area contributed by atoms with Crippen LogP contribution in [0.4, 0.5) is 5.69 Å². The standard InChI is InChI=1S/C27H30N2O4S/c1-5-34(32,33)24-16-10-21(11-17-24)18-26(30)28-23-14-12-22(13-15-23)27(31)29(4)20(3)25-9-7-6-8-19(25)2/h6-17,20H,5,18H2,1-4H3,(H,28,30). The first-order valence-electron chi connectivity index (χ1n) is 11.2. The molecule has 1 atom stereocenters. The molecule has 0 radical (unpaired) electrons. The molecule has 0 bridgehead atoms. The Balaban J connectivity index is 1.61. The van der Waals surface area contributed by atoms with Crippen LogP contribution in [0.5, 0.6) is 0 Å². The van der Waals surface area contributed by atoms with Crippen molar-refractivity contribution in [1.82, 2.24) is 4.90 Å². The predicted octanol–water partition coefficient (Wildman–Crippen LogP) is 4.80. The first-order valence-corrected chi connectivity index (χ1v) is 12.8. The third-order valence-corrected chi connectivity index (χ3v) is 7.73. The highest BCUT2D eigenvalue weighted by Crippen LogP contribution is 2.24. The molecule has 6 nitrogen and oxygen atoms in total. The summed E-state index contributed by atoms with van der Waals surface area (Å²) in [4.78, 5) is 27.3. The van der Waals surface area contributed by atoms with Crippen LogP contribution in [0.2, 0.25) is 0 Å². The number of aryl methyl sites for hydroxylation is 1. The Morgan fingerprint density at radius 1 is 0.941 bits per heavy atom. The van der Waals surface area contributed by atoms with Crippen molar-refractivity contribution < 1.29 is 18.0 Å². The molecule has 0 aromatic heterocycles. The van der Waals surface area contributed by atoms with Gasteiger partial charge in [-0.3, -0.25) is 9.59 Å². The number of sulfone groups is 1. The monoisotopic (exact) mass is 478 g/mol. The van der Waals surface area contributed by atoms with Gasteiger partial charge in [0.2, 0.25) is 5.91 Å². The van der Waals surface area contributed by atoms with Crippen LogP contribution in [0.1, 0.15) is 46.9 Å². The number of hydrogen-bond acceptors (Lipinski definition) is 4. The minimum Gasteiger partial charge on any atom is -0.335 e. The lowest BCUT2D eigenvalue weighted by Crippen LogP contribution is -2.30. The molecule has 0 fully saturated rings. The number of benzene rings is 3. The SMILES string of the molecule is CCS(=O)(=O)c1ccc(CC(=O)Nc2ccc(C(=O)N(C)C(C)c3ccccc3C)cc2)cc1. The van der Waals surface area contributed by atoms with Crippen molar-refractivity contribution in [2.24, 2.45) is 0 Å². The molecule has 1 N–H and O–H groups in total. The first-order chi connectivity index (χ1) is 16.1. The molecule has 0 saturated carbocycles. The van der Waals surface area contributed by atoms with Gasteiger partial charge in [0, 0.05) is 18.3 Å². The van der Waals surface area contributed by atoms with E-state index in [4.69, 9.17) is 0 Å². The first kappa shape index (κ1) is 25.2. The highest BCUT2D eigenvalue weighted by Gasteiger charge is 2.20. The smallest absolute Gasteiger partial charge is 0.254 e. The largest absolute Gasteiger partial charge is 0.335 e. The fourth-order valence-corrected chi connectivity index (χ4v) is 4.60. The molecule has 2 amide bonds. The molecule has 3 aromatic rings. The van der Waals surface area contributed by atoms with Crippen LogP contribution in [-0.4, -0.2) is 37.9 Å². The lowest BCUT2D eigenvalue weighted by atomic mass is 10.0. The third kappa shape index (κ3) is 5.91. The summed E-state index contributed by atoms with van der Waals surface area (Å²) in [5.74, 6) is -0.294. The Kier molecular flexibility index (Phi) is 7.89. The highest BCUT2D eigenvalue weighted by molar-refractivity contribution is 7.91. The van der Waals surface area contributed by atoms with E-state index in [1.807, 2.05) is 38.1 Å². The zero-order valence-electron chi connectivity index (χ0n) is 19.9. The van der Waals surface area contributed by atoms with Gasteiger partial charge in [-0.15, -0.1) is 0 Å². The second-order valence-corrected chi connectivity index (χ2v) is 10.6. The maximum absolute atomic E-state index is 13.0. The van der Waals surface area contributed by atoms with Crippen LogP contribution < -0.4 is 5.32 Å².